The third kappa shape index (κ3) is 4.81. The molecule has 4 heteroatoms. The highest BCUT2D eigenvalue weighted by atomic mass is 35.5. The molecular weight excluding hydrogens is 214 g/mol. The first-order valence-electron chi connectivity index (χ1n) is 4.63. The molecule has 0 saturated carbocycles. The van der Waals surface area contributed by atoms with Crippen LogP contribution in [-0.2, 0) is 11.2 Å². The molecule has 0 unspecified atom stereocenters. The fourth-order valence-corrected chi connectivity index (χ4v) is 1.20. The molecule has 0 radical (unpaired) electrons. The molecule has 1 rings (SSSR count). The van der Waals surface area contributed by atoms with Gasteiger partial charge in [0.25, 0.3) is 0 Å². The van der Waals surface area contributed by atoms with E-state index in [1.165, 1.54) is 5.56 Å². The van der Waals surface area contributed by atoms with Crippen LogP contribution in [0.15, 0.2) is 24.3 Å². The normalized spacial score (nSPS) is 11.6. The minimum atomic E-state index is -0.933. The van der Waals surface area contributed by atoms with E-state index < -0.39 is 12.0 Å². The van der Waals surface area contributed by atoms with E-state index in [1.807, 2.05) is 31.2 Å². The summed E-state index contributed by atoms with van der Waals surface area (Å²) in [4.78, 5) is 10.4. The fourth-order valence-electron chi connectivity index (χ4n) is 1.20. The number of carbonyl (C=O) groups is 1. The van der Waals surface area contributed by atoms with Gasteiger partial charge < -0.3 is 10.8 Å². The quantitative estimate of drug-likeness (QED) is 0.827. The van der Waals surface area contributed by atoms with Crippen molar-refractivity contribution in [2.75, 3.05) is 0 Å². The molecule has 0 aliphatic carbocycles. The van der Waals surface area contributed by atoms with Crippen LogP contribution in [0.5, 0.6) is 0 Å². The molecule has 15 heavy (non-hydrogen) atoms. The Bertz CT molecular complexity index is 311. The van der Waals surface area contributed by atoms with Gasteiger partial charge in [0.05, 0.1) is 0 Å². The second kappa shape index (κ2) is 6.43. The number of aliphatic carboxylic acids is 1. The average molecular weight is 230 g/mol. The van der Waals surface area contributed by atoms with Gasteiger partial charge in [0, 0.05) is 0 Å². The van der Waals surface area contributed by atoms with Gasteiger partial charge in [-0.1, -0.05) is 29.8 Å². The molecule has 0 spiro atoms. The molecule has 0 bridgehead atoms. The Morgan fingerprint density at radius 2 is 1.93 bits per heavy atom. The largest absolute Gasteiger partial charge is 0.480 e. The number of hydrogen-bond donors (Lipinski definition) is 2. The van der Waals surface area contributed by atoms with Gasteiger partial charge in [-0.3, -0.25) is 4.79 Å². The van der Waals surface area contributed by atoms with Gasteiger partial charge in [-0.05, 0) is 25.3 Å². The molecule has 0 heterocycles. The van der Waals surface area contributed by atoms with Crippen molar-refractivity contribution in [2.24, 2.45) is 5.73 Å². The summed E-state index contributed by atoms with van der Waals surface area (Å²) < 4.78 is 0. The van der Waals surface area contributed by atoms with Gasteiger partial charge in [0.2, 0.25) is 0 Å². The van der Waals surface area contributed by atoms with Crippen LogP contribution in [0.1, 0.15) is 17.5 Å². The number of nitrogens with two attached hydrogens (primary N) is 1. The lowest BCUT2D eigenvalue weighted by Crippen LogP contribution is -2.30. The van der Waals surface area contributed by atoms with Crippen LogP contribution in [0.25, 0.3) is 0 Å². The zero-order chi connectivity index (χ0) is 10.6. The second-order valence-corrected chi connectivity index (χ2v) is 3.47. The zero-order valence-corrected chi connectivity index (χ0v) is 9.46. The molecule has 3 nitrogen and oxygen atoms in total. The minimum Gasteiger partial charge on any atom is -0.480 e. The molecule has 0 aliphatic heterocycles. The van der Waals surface area contributed by atoms with Crippen molar-refractivity contribution in [1.29, 1.82) is 0 Å². The first-order chi connectivity index (χ1) is 6.59. The summed E-state index contributed by atoms with van der Waals surface area (Å²) in [5, 5.41) is 8.58. The van der Waals surface area contributed by atoms with Crippen molar-refractivity contribution in [1.82, 2.24) is 0 Å². The molecule has 0 amide bonds. The number of hydrogen-bond acceptors (Lipinski definition) is 2. The molecule has 84 valence electrons. The summed E-state index contributed by atoms with van der Waals surface area (Å²) in [6, 6.07) is 7.29. The molecule has 3 N–H and O–H groups in total. The topological polar surface area (TPSA) is 63.3 Å². The van der Waals surface area contributed by atoms with Crippen LogP contribution in [0, 0.1) is 6.92 Å². The Labute approximate surface area is 95.7 Å². The Hall–Kier alpha value is -1.06. The van der Waals surface area contributed by atoms with Crippen molar-refractivity contribution in [3.05, 3.63) is 35.4 Å². The monoisotopic (exact) mass is 229 g/mol. The van der Waals surface area contributed by atoms with E-state index in [2.05, 4.69) is 0 Å². The third-order valence-electron chi connectivity index (χ3n) is 2.18. The van der Waals surface area contributed by atoms with E-state index >= 15 is 0 Å². The zero-order valence-electron chi connectivity index (χ0n) is 8.64. The van der Waals surface area contributed by atoms with Gasteiger partial charge in [-0.2, -0.15) is 0 Å². The molecule has 1 aromatic carbocycles. The maximum atomic E-state index is 10.4. The number of carboxylic acid groups (broad SMARTS) is 1. The van der Waals surface area contributed by atoms with E-state index in [-0.39, 0.29) is 12.4 Å². The maximum Gasteiger partial charge on any atom is 0.320 e. The third-order valence-corrected chi connectivity index (χ3v) is 2.18. The number of carboxylic acids is 1. The van der Waals surface area contributed by atoms with E-state index in [9.17, 15) is 4.79 Å². The first kappa shape index (κ1) is 13.9. The standard InChI is InChI=1S/C11H15NO2.ClH/c1-8-2-4-9(5-3-8)6-7-10(12)11(13)14;/h2-5,10H,6-7,12H2,1H3,(H,13,14);1H/t10-;/m1./s1. The molecule has 0 aliphatic rings. The van der Waals surface area contributed by atoms with Crippen LogP contribution in [-0.4, -0.2) is 17.1 Å². The second-order valence-electron chi connectivity index (χ2n) is 3.47. The fraction of sp³-hybridized carbons (Fsp3) is 0.364. The smallest absolute Gasteiger partial charge is 0.320 e. The SMILES string of the molecule is Cc1ccc(CC[C@@H](N)C(=O)O)cc1.Cl. The highest BCUT2D eigenvalue weighted by molar-refractivity contribution is 5.85. The van der Waals surface area contributed by atoms with E-state index in [0.717, 1.165) is 5.56 Å². The predicted molar refractivity (Wildman–Crippen MR) is 62.4 cm³/mol. The minimum absolute atomic E-state index is 0. The summed E-state index contributed by atoms with van der Waals surface area (Å²) in [5.74, 6) is -0.933. The van der Waals surface area contributed by atoms with Crippen LogP contribution in [0.2, 0.25) is 0 Å². The van der Waals surface area contributed by atoms with E-state index in [4.69, 9.17) is 10.8 Å². The van der Waals surface area contributed by atoms with Crippen molar-refractivity contribution in [2.45, 2.75) is 25.8 Å². The molecule has 1 aromatic rings. The van der Waals surface area contributed by atoms with Gasteiger partial charge >= 0.3 is 5.97 Å². The van der Waals surface area contributed by atoms with Gasteiger partial charge in [-0.15, -0.1) is 12.4 Å². The van der Waals surface area contributed by atoms with Gasteiger partial charge in [0.1, 0.15) is 6.04 Å². The highest BCUT2D eigenvalue weighted by Gasteiger charge is 2.10. The number of benzene rings is 1. The van der Waals surface area contributed by atoms with Crippen LogP contribution >= 0.6 is 12.4 Å². The molecule has 0 saturated heterocycles. The average Bonchev–Trinajstić information content (AvgIpc) is 2.16. The van der Waals surface area contributed by atoms with Crippen molar-refractivity contribution >= 4 is 18.4 Å². The summed E-state index contributed by atoms with van der Waals surface area (Å²) in [6.45, 7) is 2.02. The van der Waals surface area contributed by atoms with Gasteiger partial charge in [-0.25, -0.2) is 0 Å². The Morgan fingerprint density at radius 1 is 1.40 bits per heavy atom. The van der Waals surface area contributed by atoms with Gasteiger partial charge in [0.15, 0.2) is 0 Å². The lowest BCUT2D eigenvalue weighted by molar-refractivity contribution is -0.138. The molecule has 0 aromatic heterocycles. The maximum absolute atomic E-state index is 10.4. The highest BCUT2D eigenvalue weighted by Crippen LogP contribution is 2.06. The van der Waals surface area contributed by atoms with E-state index in [0.29, 0.717) is 12.8 Å². The lowest BCUT2D eigenvalue weighted by Gasteiger charge is -2.06. The summed E-state index contributed by atoms with van der Waals surface area (Å²) in [7, 11) is 0. The lowest BCUT2D eigenvalue weighted by atomic mass is 10.0. The number of aryl methyl sites for hydroxylation is 2. The molecule has 0 fully saturated rings. The predicted octanol–water partition coefficient (Wildman–Crippen LogP) is 1.76. The summed E-state index contributed by atoms with van der Waals surface area (Å²) in [5.41, 5.74) is 7.73. The van der Waals surface area contributed by atoms with Crippen molar-refractivity contribution in [3.8, 4) is 0 Å². The van der Waals surface area contributed by atoms with Crippen molar-refractivity contribution in [3.63, 3.8) is 0 Å². The van der Waals surface area contributed by atoms with Crippen LogP contribution < -0.4 is 5.73 Å². The molecular formula is C11H16ClNO2. The summed E-state index contributed by atoms with van der Waals surface area (Å²) >= 11 is 0. The number of halogens is 1. The summed E-state index contributed by atoms with van der Waals surface area (Å²) in [6.07, 6.45) is 1.20. The van der Waals surface area contributed by atoms with Crippen LogP contribution in [0.3, 0.4) is 0 Å². The van der Waals surface area contributed by atoms with Crippen LogP contribution in [0.4, 0.5) is 0 Å². The Kier molecular flexibility index (Phi) is 5.97. The Morgan fingerprint density at radius 3 is 2.40 bits per heavy atom. The first-order valence-corrected chi connectivity index (χ1v) is 4.63. The molecule has 1 atom stereocenters. The van der Waals surface area contributed by atoms with Crippen molar-refractivity contribution < 1.29 is 9.90 Å². The Balaban J connectivity index is 0.00000196. The number of rotatable bonds is 4. The van der Waals surface area contributed by atoms with E-state index in [1.54, 1.807) is 0 Å².